The SMILES string of the molecule is C[C@H](Oc1ccc(Cl)cc1Cl)C(=O)N1CCCCC1. The van der Waals surface area contributed by atoms with Gasteiger partial charge in [0.2, 0.25) is 0 Å². The van der Waals surface area contributed by atoms with Crippen molar-refractivity contribution in [3.63, 3.8) is 0 Å². The number of rotatable bonds is 3. The summed E-state index contributed by atoms with van der Waals surface area (Å²) in [4.78, 5) is 14.1. The molecule has 19 heavy (non-hydrogen) atoms. The molecule has 1 aromatic rings. The van der Waals surface area contributed by atoms with Crippen molar-refractivity contribution in [2.75, 3.05) is 13.1 Å². The number of carbonyl (C=O) groups is 1. The van der Waals surface area contributed by atoms with Crippen LogP contribution in [0.5, 0.6) is 5.75 Å². The summed E-state index contributed by atoms with van der Waals surface area (Å²) in [5.74, 6) is 0.509. The number of nitrogens with zero attached hydrogens (tertiary/aromatic N) is 1. The fourth-order valence-corrected chi connectivity index (χ4v) is 2.64. The lowest BCUT2D eigenvalue weighted by molar-refractivity contribution is -0.138. The molecule has 1 aliphatic heterocycles. The summed E-state index contributed by atoms with van der Waals surface area (Å²) >= 11 is 11.9. The molecule has 1 atom stereocenters. The molecule has 1 heterocycles. The van der Waals surface area contributed by atoms with Crippen molar-refractivity contribution in [1.29, 1.82) is 0 Å². The second-order valence-corrected chi connectivity index (χ2v) is 5.56. The molecule has 3 nitrogen and oxygen atoms in total. The number of halogens is 2. The predicted molar refractivity (Wildman–Crippen MR) is 77.0 cm³/mol. The highest BCUT2D eigenvalue weighted by atomic mass is 35.5. The van der Waals surface area contributed by atoms with Crippen molar-refractivity contribution in [3.8, 4) is 5.75 Å². The lowest BCUT2D eigenvalue weighted by Crippen LogP contribution is -2.43. The van der Waals surface area contributed by atoms with Crippen molar-refractivity contribution in [1.82, 2.24) is 4.90 Å². The smallest absolute Gasteiger partial charge is 0.263 e. The molecule has 104 valence electrons. The van der Waals surface area contributed by atoms with Gasteiger partial charge in [-0.1, -0.05) is 23.2 Å². The zero-order valence-corrected chi connectivity index (χ0v) is 12.4. The molecule has 0 bridgehead atoms. The Morgan fingerprint density at radius 3 is 2.58 bits per heavy atom. The summed E-state index contributed by atoms with van der Waals surface area (Å²) in [7, 11) is 0. The fraction of sp³-hybridized carbons (Fsp3) is 0.500. The third kappa shape index (κ3) is 3.77. The lowest BCUT2D eigenvalue weighted by atomic mass is 10.1. The highest BCUT2D eigenvalue weighted by Gasteiger charge is 2.23. The summed E-state index contributed by atoms with van der Waals surface area (Å²) in [6, 6.07) is 4.99. The molecule has 0 saturated carbocycles. The van der Waals surface area contributed by atoms with E-state index < -0.39 is 6.10 Å². The largest absolute Gasteiger partial charge is 0.479 e. The molecule has 0 N–H and O–H groups in total. The summed E-state index contributed by atoms with van der Waals surface area (Å²) in [5, 5.41) is 0.971. The van der Waals surface area contributed by atoms with Gasteiger partial charge in [0.05, 0.1) is 5.02 Å². The monoisotopic (exact) mass is 301 g/mol. The Labute approximate surface area is 123 Å². The lowest BCUT2D eigenvalue weighted by Gasteiger charge is -2.29. The van der Waals surface area contributed by atoms with E-state index in [1.165, 1.54) is 6.42 Å². The maximum atomic E-state index is 12.2. The molecule has 1 amide bonds. The number of hydrogen-bond acceptors (Lipinski definition) is 2. The number of likely N-dealkylation sites (tertiary alicyclic amines) is 1. The van der Waals surface area contributed by atoms with E-state index in [4.69, 9.17) is 27.9 Å². The molecule has 0 unspecified atom stereocenters. The molecule has 2 rings (SSSR count). The fourth-order valence-electron chi connectivity index (χ4n) is 2.18. The van der Waals surface area contributed by atoms with Crippen molar-refractivity contribution in [2.45, 2.75) is 32.3 Å². The van der Waals surface area contributed by atoms with Gasteiger partial charge in [-0.2, -0.15) is 0 Å². The maximum Gasteiger partial charge on any atom is 0.263 e. The Bertz CT molecular complexity index is 459. The second-order valence-electron chi connectivity index (χ2n) is 4.72. The summed E-state index contributed by atoms with van der Waals surface area (Å²) in [5.41, 5.74) is 0. The van der Waals surface area contributed by atoms with Gasteiger partial charge in [0.25, 0.3) is 5.91 Å². The minimum Gasteiger partial charge on any atom is -0.479 e. The Morgan fingerprint density at radius 1 is 1.26 bits per heavy atom. The Kier molecular flexibility index (Phi) is 4.94. The Hall–Kier alpha value is -0.930. The molecule has 1 fully saturated rings. The first-order valence-electron chi connectivity index (χ1n) is 6.48. The number of amides is 1. The molecule has 1 aliphatic rings. The van der Waals surface area contributed by atoms with E-state index in [9.17, 15) is 4.79 Å². The van der Waals surface area contributed by atoms with Crippen molar-refractivity contribution in [3.05, 3.63) is 28.2 Å². The van der Waals surface area contributed by atoms with Crippen LogP contribution in [0.4, 0.5) is 0 Å². The predicted octanol–water partition coefficient (Wildman–Crippen LogP) is 3.77. The molecule has 1 saturated heterocycles. The van der Waals surface area contributed by atoms with Gasteiger partial charge < -0.3 is 9.64 Å². The van der Waals surface area contributed by atoms with E-state index in [1.807, 2.05) is 4.90 Å². The Balaban J connectivity index is 1.99. The summed E-state index contributed by atoms with van der Waals surface area (Å²) in [6.07, 6.45) is 2.80. The average Bonchev–Trinajstić information content (AvgIpc) is 2.42. The maximum absolute atomic E-state index is 12.2. The molecular weight excluding hydrogens is 285 g/mol. The molecule has 0 aliphatic carbocycles. The van der Waals surface area contributed by atoms with Gasteiger partial charge in [0, 0.05) is 18.1 Å². The van der Waals surface area contributed by atoms with Crippen LogP contribution in [0.1, 0.15) is 26.2 Å². The normalized spacial score (nSPS) is 17.1. The first kappa shape index (κ1) is 14.5. The standard InChI is InChI=1S/C14H17Cl2NO2/c1-10(14(18)17-7-3-2-4-8-17)19-13-6-5-11(15)9-12(13)16/h5-6,9-10H,2-4,7-8H2,1H3/t10-/m0/s1. The zero-order chi connectivity index (χ0) is 13.8. The van der Waals surface area contributed by atoms with E-state index in [1.54, 1.807) is 25.1 Å². The molecule has 0 radical (unpaired) electrons. The Morgan fingerprint density at radius 2 is 1.95 bits per heavy atom. The minimum atomic E-state index is -0.531. The van der Waals surface area contributed by atoms with Crippen LogP contribution in [-0.4, -0.2) is 30.0 Å². The highest BCUT2D eigenvalue weighted by Crippen LogP contribution is 2.28. The molecule has 0 spiro atoms. The minimum absolute atomic E-state index is 0.0192. The molecule has 1 aromatic carbocycles. The van der Waals surface area contributed by atoms with Crippen molar-refractivity contribution >= 4 is 29.1 Å². The quantitative estimate of drug-likeness (QED) is 0.850. The van der Waals surface area contributed by atoms with Gasteiger partial charge in [-0.25, -0.2) is 0 Å². The molecule has 5 heteroatoms. The van der Waals surface area contributed by atoms with Gasteiger partial charge in [-0.15, -0.1) is 0 Å². The van der Waals surface area contributed by atoms with Crippen molar-refractivity contribution < 1.29 is 9.53 Å². The highest BCUT2D eigenvalue weighted by molar-refractivity contribution is 6.35. The topological polar surface area (TPSA) is 29.5 Å². The van der Waals surface area contributed by atoms with Crippen LogP contribution in [-0.2, 0) is 4.79 Å². The van der Waals surface area contributed by atoms with Gasteiger partial charge in [0.1, 0.15) is 5.75 Å². The number of benzene rings is 1. The average molecular weight is 302 g/mol. The van der Waals surface area contributed by atoms with Crippen molar-refractivity contribution in [2.24, 2.45) is 0 Å². The van der Waals surface area contributed by atoms with E-state index >= 15 is 0 Å². The third-order valence-corrected chi connectivity index (χ3v) is 3.74. The number of hydrogen-bond donors (Lipinski definition) is 0. The number of piperidine rings is 1. The van der Waals surface area contributed by atoms with Crippen LogP contribution in [0.3, 0.4) is 0 Å². The number of ether oxygens (including phenoxy) is 1. The van der Waals surface area contributed by atoms with Crippen LogP contribution >= 0.6 is 23.2 Å². The third-order valence-electron chi connectivity index (χ3n) is 3.21. The van der Waals surface area contributed by atoms with Crippen LogP contribution < -0.4 is 4.74 Å². The van der Waals surface area contributed by atoms with Crippen LogP contribution in [0.25, 0.3) is 0 Å². The summed E-state index contributed by atoms with van der Waals surface area (Å²) in [6.45, 7) is 3.39. The van der Waals surface area contributed by atoms with E-state index in [2.05, 4.69) is 0 Å². The van der Waals surface area contributed by atoms with Gasteiger partial charge in [-0.3, -0.25) is 4.79 Å². The second kappa shape index (κ2) is 6.49. The van der Waals surface area contributed by atoms with E-state index in [0.717, 1.165) is 25.9 Å². The van der Waals surface area contributed by atoms with E-state index in [0.29, 0.717) is 15.8 Å². The molecule has 0 aromatic heterocycles. The number of carbonyl (C=O) groups excluding carboxylic acids is 1. The summed E-state index contributed by atoms with van der Waals surface area (Å²) < 4.78 is 5.63. The van der Waals surface area contributed by atoms with E-state index in [-0.39, 0.29) is 5.91 Å². The molecular formula is C14H17Cl2NO2. The van der Waals surface area contributed by atoms with Gasteiger partial charge in [0.15, 0.2) is 6.10 Å². The first-order chi connectivity index (χ1) is 9.08. The van der Waals surface area contributed by atoms with Gasteiger partial charge >= 0.3 is 0 Å². The van der Waals surface area contributed by atoms with Crippen LogP contribution in [0.2, 0.25) is 10.0 Å². The zero-order valence-electron chi connectivity index (χ0n) is 10.9. The van der Waals surface area contributed by atoms with Crippen LogP contribution in [0.15, 0.2) is 18.2 Å². The van der Waals surface area contributed by atoms with Crippen LogP contribution in [0, 0.1) is 0 Å². The van der Waals surface area contributed by atoms with Gasteiger partial charge in [-0.05, 0) is 44.4 Å². The first-order valence-corrected chi connectivity index (χ1v) is 7.24.